The topological polar surface area (TPSA) is 149 Å². The van der Waals surface area contributed by atoms with Crippen molar-refractivity contribution >= 4 is 22.9 Å². The Labute approximate surface area is 195 Å². The minimum atomic E-state index is -1.41. The number of hydrogen-bond acceptors (Lipinski definition) is 6. The van der Waals surface area contributed by atoms with Gasteiger partial charge in [0.25, 0.3) is 0 Å². The number of benzene rings is 3. The first-order valence-corrected chi connectivity index (χ1v) is 10.6. The largest absolute Gasteiger partial charge is 0.481 e. The Morgan fingerprint density at radius 2 is 1.71 bits per heavy atom. The Hall–Kier alpha value is -4.14. The SMILES string of the molecule is NCc1cccc(-c2cc(C(Oc3c(CN)cccc3CC(=O)O)C(=O)O)cc3ccoc23)c1. The van der Waals surface area contributed by atoms with Gasteiger partial charge in [0.05, 0.1) is 12.7 Å². The first kappa shape index (κ1) is 23.0. The normalized spacial score (nSPS) is 11.9. The highest BCUT2D eigenvalue weighted by Crippen LogP contribution is 2.36. The molecule has 0 bridgehead atoms. The number of carboxylic acids is 2. The van der Waals surface area contributed by atoms with Gasteiger partial charge in [-0.25, -0.2) is 4.79 Å². The molecule has 1 heterocycles. The number of nitrogens with two attached hydrogens (primary N) is 2. The molecule has 6 N–H and O–H groups in total. The molecular formula is C26H24N2O6. The summed E-state index contributed by atoms with van der Waals surface area (Å²) >= 11 is 0. The summed E-state index contributed by atoms with van der Waals surface area (Å²) in [5.74, 6) is -2.12. The third-order valence-electron chi connectivity index (χ3n) is 5.55. The lowest BCUT2D eigenvalue weighted by Gasteiger charge is -2.21. The third-order valence-corrected chi connectivity index (χ3v) is 5.55. The van der Waals surface area contributed by atoms with E-state index in [2.05, 4.69) is 0 Å². The minimum Gasteiger partial charge on any atom is -0.481 e. The molecule has 0 spiro atoms. The van der Waals surface area contributed by atoms with Crippen molar-refractivity contribution in [3.05, 3.63) is 89.2 Å². The Bertz CT molecular complexity index is 1360. The first-order valence-electron chi connectivity index (χ1n) is 10.6. The second kappa shape index (κ2) is 9.78. The van der Waals surface area contributed by atoms with Crippen molar-refractivity contribution in [3.63, 3.8) is 0 Å². The second-order valence-electron chi connectivity index (χ2n) is 7.83. The van der Waals surface area contributed by atoms with Gasteiger partial charge >= 0.3 is 11.9 Å². The summed E-state index contributed by atoms with van der Waals surface area (Å²) in [7, 11) is 0. The zero-order chi connectivity index (χ0) is 24.2. The summed E-state index contributed by atoms with van der Waals surface area (Å²) in [6, 6.07) is 17.7. The molecule has 0 saturated heterocycles. The minimum absolute atomic E-state index is 0.0625. The van der Waals surface area contributed by atoms with Gasteiger partial charge in [0.2, 0.25) is 6.10 Å². The summed E-state index contributed by atoms with van der Waals surface area (Å²) < 4.78 is 11.7. The number of aliphatic carboxylic acids is 2. The van der Waals surface area contributed by atoms with Crippen LogP contribution in [0.1, 0.15) is 28.4 Å². The molecule has 1 aromatic heterocycles. The van der Waals surface area contributed by atoms with Crippen LogP contribution in [0.3, 0.4) is 0 Å². The number of carbonyl (C=O) groups is 2. The highest BCUT2D eigenvalue weighted by atomic mass is 16.5. The van der Waals surface area contributed by atoms with Gasteiger partial charge in [-0.1, -0.05) is 36.4 Å². The number of rotatable bonds is 9. The van der Waals surface area contributed by atoms with Crippen LogP contribution in [0.4, 0.5) is 0 Å². The fourth-order valence-electron chi connectivity index (χ4n) is 3.97. The number of furan rings is 1. The van der Waals surface area contributed by atoms with Gasteiger partial charge in [0, 0.05) is 40.7 Å². The first-order chi connectivity index (χ1) is 16.4. The highest BCUT2D eigenvalue weighted by molar-refractivity contribution is 5.94. The van der Waals surface area contributed by atoms with Crippen LogP contribution in [0.15, 0.2) is 71.3 Å². The van der Waals surface area contributed by atoms with Crippen LogP contribution in [0.25, 0.3) is 22.1 Å². The van der Waals surface area contributed by atoms with Gasteiger partial charge < -0.3 is 30.8 Å². The van der Waals surface area contributed by atoms with E-state index in [1.165, 1.54) is 6.26 Å². The molecule has 3 aromatic carbocycles. The Kier molecular flexibility index (Phi) is 6.62. The average Bonchev–Trinajstić information content (AvgIpc) is 3.30. The maximum Gasteiger partial charge on any atom is 0.349 e. The van der Waals surface area contributed by atoms with Crippen molar-refractivity contribution < 1.29 is 29.0 Å². The van der Waals surface area contributed by atoms with E-state index in [1.54, 1.807) is 36.4 Å². The molecule has 34 heavy (non-hydrogen) atoms. The summed E-state index contributed by atoms with van der Waals surface area (Å²) in [4.78, 5) is 23.7. The van der Waals surface area contributed by atoms with Crippen LogP contribution in [-0.2, 0) is 29.1 Å². The van der Waals surface area contributed by atoms with Gasteiger partial charge in [0.1, 0.15) is 11.3 Å². The molecule has 0 amide bonds. The predicted molar refractivity (Wildman–Crippen MR) is 126 cm³/mol. The van der Waals surface area contributed by atoms with Crippen LogP contribution >= 0.6 is 0 Å². The van der Waals surface area contributed by atoms with Crippen molar-refractivity contribution in [3.8, 4) is 16.9 Å². The van der Waals surface area contributed by atoms with Crippen LogP contribution in [0.2, 0.25) is 0 Å². The number of hydrogen-bond donors (Lipinski definition) is 4. The van der Waals surface area contributed by atoms with Crippen LogP contribution < -0.4 is 16.2 Å². The summed E-state index contributed by atoms with van der Waals surface area (Å²) in [6.07, 6.45) is -0.195. The van der Waals surface area contributed by atoms with E-state index in [0.29, 0.717) is 39.8 Å². The molecule has 4 aromatic rings. The zero-order valence-corrected chi connectivity index (χ0v) is 18.2. The monoisotopic (exact) mass is 460 g/mol. The van der Waals surface area contributed by atoms with E-state index in [1.807, 2.05) is 24.3 Å². The van der Waals surface area contributed by atoms with Crippen LogP contribution in [-0.4, -0.2) is 22.2 Å². The van der Waals surface area contributed by atoms with Gasteiger partial charge in [-0.2, -0.15) is 0 Å². The van der Waals surface area contributed by atoms with E-state index in [0.717, 1.165) is 11.1 Å². The van der Waals surface area contributed by atoms with E-state index in [9.17, 15) is 19.8 Å². The van der Waals surface area contributed by atoms with Gasteiger partial charge in [-0.05, 0) is 35.4 Å². The van der Waals surface area contributed by atoms with E-state index < -0.39 is 18.0 Å². The summed E-state index contributed by atoms with van der Waals surface area (Å²) in [5.41, 5.74) is 15.9. The molecular weight excluding hydrogens is 436 g/mol. The molecule has 0 radical (unpaired) electrons. The van der Waals surface area contributed by atoms with E-state index >= 15 is 0 Å². The quantitative estimate of drug-likeness (QED) is 0.294. The standard InChI is InChI=1S/C26H24N2O6/c27-13-15-3-1-4-16(9-15)21-11-20(10-18-7-8-33-24(18)21)25(26(31)32)34-23-17(12-22(29)30)5-2-6-19(23)14-28/h1-11,25H,12-14,27-28H2,(H,29,30)(H,31,32). The molecule has 8 nitrogen and oxygen atoms in total. The Balaban J connectivity index is 1.84. The molecule has 0 aliphatic carbocycles. The summed E-state index contributed by atoms with van der Waals surface area (Å²) in [6.45, 7) is 0.422. The molecule has 0 aliphatic heterocycles. The molecule has 8 heteroatoms. The smallest absolute Gasteiger partial charge is 0.349 e. The lowest BCUT2D eigenvalue weighted by Crippen LogP contribution is -2.20. The lowest BCUT2D eigenvalue weighted by molar-refractivity contribution is -0.145. The predicted octanol–water partition coefficient (Wildman–Crippen LogP) is 3.85. The number of fused-ring (bicyclic) bond motifs is 1. The highest BCUT2D eigenvalue weighted by Gasteiger charge is 2.27. The third kappa shape index (κ3) is 4.63. The van der Waals surface area contributed by atoms with Crippen LogP contribution in [0.5, 0.6) is 5.75 Å². The van der Waals surface area contributed by atoms with Gasteiger partial charge in [-0.3, -0.25) is 4.79 Å². The fraction of sp³-hybridized carbons (Fsp3) is 0.154. The summed E-state index contributed by atoms with van der Waals surface area (Å²) in [5, 5.41) is 20.1. The van der Waals surface area contributed by atoms with E-state index in [4.69, 9.17) is 20.6 Å². The van der Waals surface area contributed by atoms with Crippen molar-refractivity contribution in [2.24, 2.45) is 11.5 Å². The van der Waals surface area contributed by atoms with Gasteiger partial charge in [-0.15, -0.1) is 0 Å². The molecule has 0 saturated carbocycles. The van der Waals surface area contributed by atoms with E-state index in [-0.39, 0.29) is 18.7 Å². The average molecular weight is 460 g/mol. The second-order valence-corrected chi connectivity index (χ2v) is 7.83. The fourth-order valence-corrected chi connectivity index (χ4v) is 3.97. The molecule has 4 rings (SSSR count). The zero-order valence-electron chi connectivity index (χ0n) is 18.2. The molecule has 1 unspecified atom stereocenters. The maximum absolute atomic E-state index is 12.3. The Morgan fingerprint density at radius 3 is 2.41 bits per heavy atom. The van der Waals surface area contributed by atoms with Gasteiger partial charge in [0.15, 0.2) is 0 Å². The molecule has 1 atom stereocenters. The van der Waals surface area contributed by atoms with Crippen molar-refractivity contribution in [2.75, 3.05) is 0 Å². The lowest BCUT2D eigenvalue weighted by atomic mass is 9.96. The van der Waals surface area contributed by atoms with Crippen molar-refractivity contribution in [1.29, 1.82) is 0 Å². The number of ether oxygens (including phenoxy) is 1. The number of carboxylic acid groups (broad SMARTS) is 2. The molecule has 0 fully saturated rings. The molecule has 174 valence electrons. The Morgan fingerprint density at radius 1 is 0.941 bits per heavy atom. The van der Waals surface area contributed by atoms with Crippen molar-refractivity contribution in [2.45, 2.75) is 25.6 Å². The number of para-hydroxylation sites is 1. The maximum atomic E-state index is 12.3. The molecule has 0 aliphatic rings. The van der Waals surface area contributed by atoms with Crippen molar-refractivity contribution in [1.82, 2.24) is 0 Å². The van der Waals surface area contributed by atoms with Crippen LogP contribution in [0, 0.1) is 0 Å².